The van der Waals surface area contributed by atoms with Crippen LogP contribution in [0.5, 0.6) is 0 Å². The van der Waals surface area contributed by atoms with Gasteiger partial charge in [0.1, 0.15) is 9.75 Å². The Balaban J connectivity index is 2.39. The van der Waals surface area contributed by atoms with Crippen molar-refractivity contribution in [3.63, 3.8) is 0 Å². The molecule has 4 nitrogen and oxygen atoms in total. The molecule has 0 aromatic heterocycles. The van der Waals surface area contributed by atoms with Crippen LogP contribution in [0.15, 0.2) is 21.7 Å². The molecule has 2 bridgehead atoms. The Bertz CT molecular complexity index is 666. The van der Waals surface area contributed by atoms with Crippen molar-refractivity contribution in [2.45, 2.75) is 22.5 Å². The number of hydrogen-bond donors (Lipinski definition) is 0. The van der Waals surface area contributed by atoms with Crippen molar-refractivity contribution in [3.8, 4) is 0 Å². The molecule has 1 saturated carbocycles. The highest BCUT2D eigenvalue weighted by molar-refractivity contribution is 6.53. The number of Topliss-reactive ketones (excluding diaryl/α,β-unsaturated/α-hetero) is 1. The molecule has 120 valence electrons. The average Bonchev–Trinajstić information content (AvgIpc) is 2.73. The van der Waals surface area contributed by atoms with Crippen LogP contribution in [0, 0.1) is 11.8 Å². The highest BCUT2D eigenvalue weighted by Gasteiger charge is 2.87. The molecule has 0 N–H and O–H groups in total. The van der Waals surface area contributed by atoms with Crippen molar-refractivity contribution < 1.29 is 19.1 Å². The van der Waals surface area contributed by atoms with Gasteiger partial charge in [-0.25, -0.2) is 0 Å². The van der Waals surface area contributed by atoms with Gasteiger partial charge in [0.05, 0.1) is 21.9 Å². The van der Waals surface area contributed by atoms with Crippen LogP contribution in [0.25, 0.3) is 0 Å². The van der Waals surface area contributed by atoms with Gasteiger partial charge >= 0.3 is 0 Å². The Hall–Kier alpha value is -0.100. The molecule has 0 radical (unpaired) electrons. The fraction of sp³-hybridized carbons (Fsp3) is 0.571. The van der Waals surface area contributed by atoms with Gasteiger partial charge in [-0.05, 0) is 18.6 Å². The second-order valence-electron chi connectivity index (χ2n) is 5.63. The van der Waals surface area contributed by atoms with Crippen LogP contribution in [0.3, 0.4) is 0 Å². The Morgan fingerprint density at radius 2 is 1.45 bits per heavy atom. The zero-order valence-electron chi connectivity index (χ0n) is 11.9. The van der Waals surface area contributed by atoms with E-state index >= 15 is 0 Å². The number of rotatable bonds is 2. The van der Waals surface area contributed by atoms with Gasteiger partial charge in [-0.1, -0.05) is 23.2 Å². The summed E-state index contributed by atoms with van der Waals surface area (Å²) in [5.74, 6) is -4.39. The van der Waals surface area contributed by atoms with E-state index in [1.165, 1.54) is 20.3 Å². The topological polar surface area (TPSA) is 52.6 Å². The van der Waals surface area contributed by atoms with Gasteiger partial charge in [0.15, 0.2) is 11.6 Å². The van der Waals surface area contributed by atoms with Gasteiger partial charge in [0.2, 0.25) is 5.79 Å². The third-order valence-electron chi connectivity index (χ3n) is 4.89. The minimum Gasteiger partial charge on any atom is -0.350 e. The number of halogens is 4. The van der Waals surface area contributed by atoms with E-state index in [1.807, 2.05) is 0 Å². The molecule has 0 unspecified atom stereocenters. The molecule has 0 spiro atoms. The number of methoxy groups -OCH3 is 2. The van der Waals surface area contributed by atoms with Crippen molar-refractivity contribution in [3.05, 3.63) is 21.7 Å². The van der Waals surface area contributed by atoms with Crippen LogP contribution in [0.2, 0.25) is 0 Å². The predicted molar refractivity (Wildman–Crippen MR) is 83.4 cm³/mol. The molecule has 3 aliphatic rings. The monoisotopic (exact) mass is 384 g/mol. The molecule has 0 aliphatic heterocycles. The first kappa shape index (κ1) is 16.7. The van der Waals surface area contributed by atoms with E-state index in [9.17, 15) is 9.59 Å². The minimum atomic E-state index is -1.73. The lowest BCUT2D eigenvalue weighted by molar-refractivity contribution is -0.220. The number of alkyl halides is 2. The molecule has 1 fully saturated rings. The SMILES string of the molecule is COC1(OC)[C@@]2(Cl)C(Cl)=C(Cl)[C@]1(Cl)[C@H]1C(=O)C(C)=CC(=O)[C@H]12. The standard InChI is InChI=1S/C14H12Cl4O4/c1-5-4-6(19)7-8(9(5)20)13(18)11(16)10(15)12(7,17)14(13,21-2)22-3/h4,7-8H,1-3H3/t7-,8-,12+,13-/m1/s1. The van der Waals surface area contributed by atoms with Gasteiger partial charge < -0.3 is 9.47 Å². The fourth-order valence-corrected chi connectivity index (χ4v) is 6.19. The molecule has 0 aromatic rings. The van der Waals surface area contributed by atoms with Crippen LogP contribution < -0.4 is 0 Å². The van der Waals surface area contributed by atoms with E-state index in [0.29, 0.717) is 5.57 Å². The first-order valence-electron chi connectivity index (χ1n) is 6.45. The van der Waals surface area contributed by atoms with Gasteiger partial charge in [0, 0.05) is 14.2 Å². The number of ether oxygens (including phenoxy) is 2. The molecule has 0 amide bonds. The Kier molecular flexibility index (Phi) is 3.59. The van der Waals surface area contributed by atoms with E-state index in [-0.39, 0.29) is 21.6 Å². The minimum absolute atomic E-state index is 0.0216. The number of hydrogen-bond acceptors (Lipinski definition) is 4. The number of ketones is 2. The molecule has 0 saturated heterocycles. The average molecular weight is 386 g/mol. The predicted octanol–water partition coefficient (Wildman–Crippen LogP) is 2.98. The Labute approximate surface area is 147 Å². The van der Waals surface area contributed by atoms with Crippen molar-refractivity contribution in [2.24, 2.45) is 11.8 Å². The molecule has 0 aromatic carbocycles. The summed E-state index contributed by atoms with van der Waals surface area (Å²) in [6.45, 7) is 1.55. The van der Waals surface area contributed by atoms with Crippen LogP contribution >= 0.6 is 46.4 Å². The normalized spacial score (nSPS) is 42.8. The van der Waals surface area contributed by atoms with Crippen molar-refractivity contribution in [1.82, 2.24) is 0 Å². The molecule has 0 heterocycles. The number of carbonyl (C=O) groups is 2. The Morgan fingerprint density at radius 1 is 1.00 bits per heavy atom. The summed E-state index contributed by atoms with van der Waals surface area (Å²) >= 11 is 26.1. The van der Waals surface area contributed by atoms with E-state index < -0.39 is 27.4 Å². The summed E-state index contributed by atoms with van der Waals surface area (Å²) in [5, 5.41) is -0.0449. The van der Waals surface area contributed by atoms with Gasteiger partial charge in [-0.15, -0.1) is 23.2 Å². The number of fused-ring (bicyclic) bond motifs is 5. The Morgan fingerprint density at radius 3 is 1.91 bits per heavy atom. The summed E-state index contributed by atoms with van der Waals surface area (Å²) in [6, 6.07) is 0. The summed E-state index contributed by atoms with van der Waals surface area (Å²) in [4.78, 5) is 21.9. The second kappa shape index (κ2) is 4.71. The third kappa shape index (κ3) is 1.38. The maximum absolute atomic E-state index is 12.7. The summed E-state index contributed by atoms with van der Waals surface area (Å²) < 4.78 is 11.0. The molecule has 3 rings (SSSR count). The number of carbonyl (C=O) groups excluding carboxylic acids is 2. The quantitative estimate of drug-likeness (QED) is 0.541. The summed E-state index contributed by atoms with van der Waals surface area (Å²) in [6.07, 6.45) is 1.25. The molecular weight excluding hydrogens is 374 g/mol. The first-order chi connectivity index (χ1) is 10.1. The largest absolute Gasteiger partial charge is 0.350 e. The maximum Gasteiger partial charge on any atom is 0.218 e. The lowest BCUT2D eigenvalue weighted by Gasteiger charge is -2.40. The van der Waals surface area contributed by atoms with Crippen molar-refractivity contribution in [2.75, 3.05) is 14.2 Å². The molecule has 8 heteroatoms. The van der Waals surface area contributed by atoms with Crippen LogP contribution in [-0.4, -0.2) is 41.3 Å². The van der Waals surface area contributed by atoms with E-state index in [1.54, 1.807) is 6.92 Å². The van der Waals surface area contributed by atoms with Gasteiger partial charge in [-0.3, -0.25) is 9.59 Å². The molecule has 22 heavy (non-hydrogen) atoms. The zero-order chi connectivity index (χ0) is 16.7. The van der Waals surface area contributed by atoms with Crippen molar-refractivity contribution in [1.29, 1.82) is 0 Å². The first-order valence-corrected chi connectivity index (χ1v) is 7.97. The molecule has 3 aliphatic carbocycles. The summed E-state index contributed by atoms with van der Waals surface area (Å²) in [7, 11) is 2.65. The van der Waals surface area contributed by atoms with E-state index in [0.717, 1.165) is 0 Å². The van der Waals surface area contributed by atoms with Gasteiger partial charge in [-0.2, -0.15) is 0 Å². The highest BCUT2D eigenvalue weighted by atomic mass is 35.5. The fourth-order valence-electron chi connectivity index (χ4n) is 4.00. The maximum atomic E-state index is 12.7. The van der Waals surface area contributed by atoms with Gasteiger partial charge in [0.25, 0.3) is 0 Å². The van der Waals surface area contributed by atoms with Crippen LogP contribution in [-0.2, 0) is 19.1 Å². The lowest BCUT2D eigenvalue weighted by Crippen LogP contribution is -2.58. The van der Waals surface area contributed by atoms with E-state index in [2.05, 4.69) is 0 Å². The number of allylic oxidation sites excluding steroid dienone is 2. The van der Waals surface area contributed by atoms with Crippen LogP contribution in [0.4, 0.5) is 0 Å². The second-order valence-corrected chi connectivity index (χ2v) is 7.57. The van der Waals surface area contributed by atoms with Crippen molar-refractivity contribution >= 4 is 58.0 Å². The van der Waals surface area contributed by atoms with Crippen LogP contribution in [0.1, 0.15) is 6.92 Å². The smallest absolute Gasteiger partial charge is 0.218 e. The lowest BCUT2D eigenvalue weighted by atomic mass is 9.72. The van der Waals surface area contributed by atoms with E-state index in [4.69, 9.17) is 55.9 Å². The third-order valence-corrected chi connectivity index (χ3v) is 7.50. The molecular formula is C14H12Cl4O4. The highest BCUT2D eigenvalue weighted by Crippen LogP contribution is 2.74. The summed E-state index contributed by atoms with van der Waals surface area (Å²) in [5.41, 5.74) is 0.292. The molecule has 4 atom stereocenters. The zero-order valence-corrected chi connectivity index (χ0v) is 14.9.